The monoisotopic (exact) mass is 233 g/mol. The van der Waals surface area contributed by atoms with Crippen LogP contribution in [0.4, 0.5) is 0 Å². The van der Waals surface area contributed by atoms with E-state index in [0.29, 0.717) is 5.56 Å². The lowest BCUT2D eigenvalue weighted by molar-refractivity contribution is 0.318. The van der Waals surface area contributed by atoms with E-state index in [2.05, 4.69) is 10.1 Å². The topological polar surface area (TPSA) is 71.5 Å². The van der Waals surface area contributed by atoms with Crippen molar-refractivity contribution in [2.75, 3.05) is 0 Å². The van der Waals surface area contributed by atoms with Crippen molar-refractivity contribution in [3.8, 4) is 11.3 Å². The van der Waals surface area contributed by atoms with Gasteiger partial charge >= 0.3 is 0 Å². The Morgan fingerprint density at radius 3 is 2.56 bits per heavy atom. The molecular formula is C11H11N3OS. The second-order valence-electron chi connectivity index (χ2n) is 3.31. The van der Waals surface area contributed by atoms with E-state index in [1.807, 2.05) is 24.4 Å². The fourth-order valence-corrected chi connectivity index (χ4v) is 1.99. The van der Waals surface area contributed by atoms with Gasteiger partial charge in [-0.25, -0.2) is 4.98 Å². The normalized spacial score (nSPS) is 11.7. The van der Waals surface area contributed by atoms with Crippen LogP contribution < -0.4 is 5.73 Å². The summed E-state index contributed by atoms with van der Waals surface area (Å²) in [6.45, 7) is 1.97. The summed E-state index contributed by atoms with van der Waals surface area (Å²) in [4.78, 5) is 4.38. The highest BCUT2D eigenvalue weighted by Crippen LogP contribution is 2.21. The van der Waals surface area contributed by atoms with Crippen molar-refractivity contribution in [1.29, 1.82) is 0 Å². The second-order valence-corrected chi connectivity index (χ2v) is 4.38. The first-order chi connectivity index (χ1) is 7.70. The van der Waals surface area contributed by atoms with Gasteiger partial charge in [-0.3, -0.25) is 0 Å². The molecule has 82 valence electrons. The maximum absolute atomic E-state index is 8.53. The fourth-order valence-electron chi connectivity index (χ4n) is 1.37. The van der Waals surface area contributed by atoms with Gasteiger partial charge < -0.3 is 10.9 Å². The number of nitrogens with two attached hydrogens (primary N) is 1. The van der Waals surface area contributed by atoms with Crippen molar-refractivity contribution in [3.63, 3.8) is 0 Å². The summed E-state index contributed by atoms with van der Waals surface area (Å²) < 4.78 is 0. The lowest BCUT2D eigenvalue weighted by atomic mass is 10.1. The molecule has 5 heteroatoms. The number of aromatic nitrogens is 1. The zero-order valence-corrected chi connectivity index (χ0v) is 9.53. The minimum absolute atomic E-state index is 0.112. The highest BCUT2D eigenvalue weighted by Gasteiger charge is 2.03. The van der Waals surface area contributed by atoms with E-state index >= 15 is 0 Å². The van der Waals surface area contributed by atoms with Crippen LogP contribution in [0.15, 0.2) is 34.8 Å². The Labute approximate surface area is 97.1 Å². The third-order valence-electron chi connectivity index (χ3n) is 2.20. The summed E-state index contributed by atoms with van der Waals surface area (Å²) in [6, 6.07) is 7.42. The molecule has 0 fully saturated rings. The smallest absolute Gasteiger partial charge is 0.170 e. The van der Waals surface area contributed by atoms with Crippen molar-refractivity contribution < 1.29 is 5.21 Å². The molecular weight excluding hydrogens is 222 g/mol. The van der Waals surface area contributed by atoms with E-state index in [9.17, 15) is 0 Å². The predicted molar refractivity (Wildman–Crippen MR) is 64.8 cm³/mol. The molecule has 0 bridgehead atoms. The van der Waals surface area contributed by atoms with Crippen molar-refractivity contribution in [3.05, 3.63) is 40.2 Å². The van der Waals surface area contributed by atoms with Gasteiger partial charge in [0.2, 0.25) is 0 Å². The van der Waals surface area contributed by atoms with E-state index in [1.165, 1.54) is 0 Å². The summed E-state index contributed by atoms with van der Waals surface area (Å²) >= 11 is 1.61. The Balaban J connectivity index is 2.33. The van der Waals surface area contributed by atoms with Gasteiger partial charge in [0.1, 0.15) is 0 Å². The quantitative estimate of drug-likeness (QED) is 0.361. The Bertz CT molecular complexity index is 516. The molecule has 0 amide bonds. The van der Waals surface area contributed by atoms with Crippen LogP contribution in [-0.4, -0.2) is 16.0 Å². The number of amidine groups is 1. The molecule has 0 radical (unpaired) electrons. The molecule has 3 N–H and O–H groups in total. The number of rotatable bonds is 2. The summed E-state index contributed by atoms with van der Waals surface area (Å²) in [5.41, 5.74) is 8.15. The fraction of sp³-hybridized carbons (Fsp3) is 0.0909. The first-order valence-electron chi connectivity index (χ1n) is 4.71. The van der Waals surface area contributed by atoms with Crippen molar-refractivity contribution in [2.45, 2.75) is 6.92 Å². The molecule has 1 heterocycles. The maximum atomic E-state index is 8.53. The highest BCUT2D eigenvalue weighted by molar-refractivity contribution is 7.09. The van der Waals surface area contributed by atoms with E-state index in [0.717, 1.165) is 16.3 Å². The Morgan fingerprint density at radius 1 is 1.38 bits per heavy atom. The van der Waals surface area contributed by atoms with Gasteiger partial charge in [0.15, 0.2) is 5.84 Å². The summed E-state index contributed by atoms with van der Waals surface area (Å²) in [5, 5.41) is 14.5. The first-order valence-corrected chi connectivity index (χ1v) is 5.59. The summed E-state index contributed by atoms with van der Waals surface area (Å²) in [7, 11) is 0. The van der Waals surface area contributed by atoms with E-state index in [1.54, 1.807) is 23.5 Å². The van der Waals surface area contributed by atoms with Gasteiger partial charge in [-0.2, -0.15) is 0 Å². The van der Waals surface area contributed by atoms with Crippen LogP contribution in [0.3, 0.4) is 0 Å². The maximum Gasteiger partial charge on any atom is 0.170 e. The summed E-state index contributed by atoms with van der Waals surface area (Å²) in [6.07, 6.45) is 0. The van der Waals surface area contributed by atoms with Gasteiger partial charge in [-0.1, -0.05) is 29.4 Å². The third kappa shape index (κ3) is 2.04. The number of hydrogen-bond acceptors (Lipinski definition) is 4. The minimum atomic E-state index is 0.112. The minimum Gasteiger partial charge on any atom is -0.409 e. The van der Waals surface area contributed by atoms with Crippen LogP contribution in [-0.2, 0) is 0 Å². The Morgan fingerprint density at radius 2 is 2.06 bits per heavy atom. The van der Waals surface area contributed by atoms with Crippen LogP contribution in [0.2, 0.25) is 0 Å². The average molecular weight is 233 g/mol. The van der Waals surface area contributed by atoms with Gasteiger partial charge in [0, 0.05) is 16.5 Å². The lowest BCUT2D eigenvalue weighted by Gasteiger charge is -2.00. The van der Waals surface area contributed by atoms with E-state index < -0.39 is 0 Å². The molecule has 0 unspecified atom stereocenters. The lowest BCUT2D eigenvalue weighted by Crippen LogP contribution is -2.12. The zero-order chi connectivity index (χ0) is 11.5. The standard InChI is InChI=1S/C11H11N3OS/c1-7-13-10(6-16-7)8-2-4-9(5-3-8)11(12)14-15/h2-6,15H,1H3,(H2,12,14). The van der Waals surface area contributed by atoms with Crippen LogP contribution in [0, 0.1) is 6.92 Å². The number of benzene rings is 1. The summed E-state index contributed by atoms with van der Waals surface area (Å²) in [5.74, 6) is 0.112. The number of nitrogens with zero attached hydrogens (tertiary/aromatic N) is 2. The predicted octanol–water partition coefficient (Wildman–Crippen LogP) is 2.21. The molecule has 0 saturated heterocycles. The molecule has 1 aromatic carbocycles. The first kappa shape index (κ1) is 10.6. The molecule has 0 atom stereocenters. The molecule has 16 heavy (non-hydrogen) atoms. The second kappa shape index (κ2) is 4.32. The molecule has 1 aromatic heterocycles. The third-order valence-corrected chi connectivity index (χ3v) is 2.98. The molecule has 0 aliphatic carbocycles. The van der Waals surface area contributed by atoms with Crippen molar-refractivity contribution in [1.82, 2.24) is 4.98 Å². The Kier molecular flexibility index (Phi) is 2.87. The van der Waals surface area contributed by atoms with Crippen LogP contribution in [0.25, 0.3) is 11.3 Å². The zero-order valence-electron chi connectivity index (χ0n) is 8.71. The number of thiazole rings is 1. The molecule has 2 aromatic rings. The Hall–Kier alpha value is -1.88. The van der Waals surface area contributed by atoms with Crippen molar-refractivity contribution >= 4 is 17.2 Å². The van der Waals surface area contributed by atoms with Gasteiger partial charge in [-0.05, 0) is 6.92 Å². The highest BCUT2D eigenvalue weighted by atomic mass is 32.1. The van der Waals surface area contributed by atoms with Gasteiger partial charge in [-0.15, -0.1) is 11.3 Å². The van der Waals surface area contributed by atoms with Gasteiger partial charge in [0.25, 0.3) is 0 Å². The van der Waals surface area contributed by atoms with E-state index in [-0.39, 0.29) is 5.84 Å². The van der Waals surface area contributed by atoms with Crippen LogP contribution >= 0.6 is 11.3 Å². The molecule has 0 aliphatic heterocycles. The largest absolute Gasteiger partial charge is 0.409 e. The number of oxime groups is 1. The molecule has 0 saturated carbocycles. The average Bonchev–Trinajstić information content (AvgIpc) is 2.75. The number of hydrogen-bond donors (Lipinski definition) is 2. The molecule has 0 spiro atoms. The number of aryl methyl sites for hydroxylation is 1. The molecule has 0 aliphatic rings. The van der Waals surface area contributed by atoms with E-state index in [4.69, 9.17) is 10.9 Å². The van der Waals surface area contributed by atoms with Gasteiger partial charge in [0.05, 0.1) is 10.7 Å². The van der Waals surface area contributed by atoms with Crippen LogP contribution in [0.5, 0.6) is 0 Å². The molecule has 2 rings (SSSR count). The SMILES string of the molecule is Cc1nc(-c2ccc(C(N)=NO)cc2)cs1. The van der Waals surface area contributed by atoms with Crippen molar-refractivity contribution in [2.24, 2.45) is 10.9 Å². The van der Waals surface area contributed by atoms with Crippen LogP contribution in [0.1, 0.15) is 10.6 Å². The molecule has 4 nitrogen and oxygen atoms in total.